The van der Waals surface area contributed by atoms with Gasteiger partial charge in [0.25, 0.3) is 0 Å². The standard InChI is InChI=1S/C11H19N3/c1-10(12)4-7-13-8-5-11-3-2-6-14-9-11/h2-3,6,9-10,13H,4-5,7-8,12H2,1H3. The fourth-order valence-corrected chi connectivity index (χ4v) is 1.23. The SMILES string of the molecule is CC(N)CCNCCc1cccnc1. The molecule has 0 aromatic carbocycles. The van der Waals surface area contributed by atoms with E-state index in [4.69, 9.17) is 5.73 Å². The summed E-state index contributed by atoms with van der Waals surface area (Å²) in [5.41, 5.74) is 6.91. The highest BCUT2D eigenvalue weighted by atomic mass is 14.8. The van der Waals surface area contributed by atoms with E-state index >= 15 is 0 Å². The Bertz CT molecular complexity index is 234. The Morgan fingerprint density at radius 1 is 1.50 bits per heavy atom. The number of nitrogens with zero attached hydrogens (tertiary/aromatic N) is 1. The van der Waals surface area contributed by atoms with Crippen molar-refractivity contribution in [3.05, 3.63) is 30.1 Å². The number of pyridine rings is 1. The monoisotopic (exact) mass is 193 g/mol. The largest absolute Gasteiger partial charge is 0.328 e. The first-order chi connectivity index (χ1) is 6.79. The fourth-order valence-electron chi connectivity index (χ4n) is 1.23. The minimum atomic E-state index is 0.292. The van der Waals surface area contributed by atoms with Crippen molar-refractivity contribution in [2.75, 3.05) is 13.1 Å². The van der Waals surface area contributed by atoms with Gasteiger partial charge in [-0.15, -0.1) is 0 Å². The quantitative estimate of drug-likeness (QED) is 0.661. The highest BCUT2D eigenvalue weighted by Crippen LogP contribution is 1.95. The average molecular weight is 193 g/mol. The van der Waals surface area contributed by atoms with Crippen molar-refractivity contribution in [1.29, 1.82) is 0 Å². The number of nitrogens with two attached hydrogens (primary N) is 1. The Morgan fingerprint density at radius 3 is 3.00 bits per heavy atom. The average Bonchev–Trinajstić information content (AvgIpc) is 2.18. The van der Waals surface area contributed by atoms with Gasteiger partial charge in [-0.25, -0.2) is 0 Å². The molecule has 0 saturated carbocycles. The van der Waals surface area contributed by atoms with Gasteiger partial charge in [-0.05, 0) is 44.5 Å². The van der Waals surface area contributed by atoms with Crippen LogP contribution in [0.3, 0.4) is 0 Å². The lowest BCUT2D eigenvalue weighted by Crippen LogP contribution is -2.25. The molecule has 0 aliphatic rings. The third-order valence-corrected chi connectivity index (χ3v) is 2.09. The molecular formula is C11H19N3. The minimum Gasteiger partial charge on any atom is -0.328 e. The maximum absolute atomic E-state index is 5.64. The Morgan fingerprint density at radius 2 is 2.36 bits per heavy atom. The van der Waals surface area contributed by atoms with E-state index < -0.39 is 0 Å². The summed E-state index contributed by atoms with van der Waals surface area (Å²) in [4.78, 5) is 4.06. The van der Waals surface area contributed by atoms with Crippen LogP contribution in [0.4, 0.5) is 0 Å². The topological polar surface area (TPSA) is 50.9 Å². The molecule has 0 radical (unpaired) electrons. The summed E-state index contributed by atoms with van der Waals surface area (Å²) in [5.74, 6) is 0. The zero-order chi connectivity index (χ0) is 10.2. The Hall–Kier alpha value is -0.930. The Kier molecular flexibility index (Phi) is 5.19. The molecule has 1 heterocycles. The van der Waals surface area contributed by atoms with Crippen LogP contribution in [0.15, 0.2) is 24.5 Å². The lowest BCUT2D eigenvalue weighted by Gasteiger charge is -2.06. The molecule has 1 rings (SSSR count). The van der Waals surface area contributed by atoms with Crippen molar-refractivity contribution in [3.8, 4) is 0 Å². The van der Waals surface area contributed by atoms with E-state index in [9.17, 15) is 0 Å². The molecule has 0 spiro atoms. The summed E-state index contributed by atoms with van der Waals surface area (Å²) < 4.78 is 0. The third-order valence-electron chi connectivity index (χ3n) is 2.09. The van der Waals surface area contributed by atoms with Crippen LogP contribution in [-0.2, 0) is 6.42 Å². The second-order valence-corrected chi connectivity index (χ2v) is 3.63. The molecule has 0 aliphatic heterocycles. The number of rotatable bonds is 6. The predicted octanol–water partition coefficient (Wildman–Crippen LogP) is 0.951. The van der Waals surface area contributed by atoms with Crippen LogP contribution in [0.25, 0.3) is 0 Å². The van der Waals surface area contributed by atoms with E-state index in [1.807, 2.05) is 19.2 Å². The Labute approximate surface area is 85.7 Å². The van der Waals surface area contributed by atoms with Crippen LogP contribution >= 0.6 is 0 Å². The van der Waals surface area contributed by atoms with Crippen LogP contribution in [0.1, 0.15) is 18.9 Å². The second kappa shape index (κ2) is 6.51. The molecule has 1 aromatic heterocycles. The smallest absolute Gasteiger partial charge is 0.0300 e. The predicted molar refractivity (Wildman–Crippen MR) is 59.1 cm³/mol. The van der Waals surface area contributed by atoms with Gasteiger partial charge in [0.1, 0.15) is 0 Å². The van der Waals surface area contributed by atoms with Gasteiger partial charge in [0.05, 0.1) is 0 Å². The summed E-state index contributed by atoms with van der Waals surface area (Å²) in [7, 11) is 0. The lowest BCUT2D eigenvalue weighted by atomic mass is 10.2. The van der Waals surface area contributed by atoms with Gasteiger partial charge >= 0.3 is 0 Å². The van der Waals surface area contributed by atoms with Crippen LogP contribution < -0.4 is 11.1 Å². The highest BCUT2D eigenvalue weighted by Gasteiger charge is 1.94. The molecule has 1 atom stereocenters. The van der Waals surface area contributed by atoms with Crippen molar-refractivity contribution >= 4 is 0 Å². The van der Waals surface area contributed by atoms with E-state index in [1.54, 1.807) is 6.20 Å². The molecule has 1 unspecified atom stereocenters. The van der Waals surface area contributed by atoms with Crippen molar-refractivity contribution in [1.82, 2.24) is 10.3 Å². The summed E-state index contributed by atoms with van der Waals surface area (Å²) in [5, 5.41) is 3.36. The molecule has 3 N–H and O–H groups in total. The van der Waals surface area contributed by atoms with Crippen LogP contribution in [-0.4, -0.2) is 24.1 Å². The van der Waals surface area contributed by atoms with Gasteiger partial charge in [0.15, 0.2) is 0 Å². The Balaban J connectivity index is 2.05. The van der Waals surface area contributed by atoms with E-state index in [0.717, 1.165) is 25.9 Å². The second-order valence-electron chi connectivity index (χ2n) is 3.63. The van der Waals surface area contributed by atoms with Crippen molar-refractivity contribution in [2.45, 2.75) is 25.8 Å². The molecule has 0 bridgehead atoms. The van der Waals surface area contributed by atoms with E-state index in [2.05, 4.69) is 16.4 Å². The van der Waals surface area contributed by atoms with Gasteiger partial charge in [-0.2, -0.15) is 0 Å². The summed E-state index contributed by atoms with van der Waals surface area (Å²) in [6.07, 6.45) is 5.78. The van der Waals surface area contributed by atoms with Crippen LogP contribution in [0.2, 0.25) is 0 Å². The first-order valence-corrected chi connectivity index (χ1v) is 5.14. The number of hydrogen-bond donors (Lipinski definition) is 2. The summed E-state index contributed by atoms with van der Waals surface area (Å²) >= 11 is 0. The van der Waals surface area contributed by atoms with Crippen LogP contribution in [0.5, 0.6) is 0 Å². The molecule has 3 nitrogen and oxygen atoms in total. The highest BCUT2D eigenvalue weighted by molar-refractivity contribution is 5.08. The minimum absolute atomic E-state index is 0.292. The van der Waals surface area contributed by atoms with Gasteiger partial charge in [0.2, 0.25) is 0 Å². The number of aromatic nitrogens is 1. The lowest BCUT2D eigenvalue weighted by molar-refractivity contribution is 0.590. The van der Waals surface area contributed by atoms with Crippen molar-refractivity contribution < 1.29 is 0 Å². The van der Waals surface area contributed by atoms with Crippen LogP contribution in [0, 0.1) is 0 Å². The zero-order valence-corrected chi connectivity index (χ0v) is 8.74. The molecular weight excluding hydrogens is 174 g/mol. The van der Waals surface area contributed by atoms with Gasteiger partial charge < -0.3 is 11.1 Å². The summed E-state index contributed by atoms with van der Waals surface area (Å²) in [6, 6.07) is 4.36. The molecule has 1 aromatic rings. The maximum atomic E-state index is 5.64. The molecule has 0 amide bonds. The molecule has 0 aliphatic carbocycles. The van der Waals surface area contributed by atoms with Crippen molar-refractivity contribution in [3.63, 3.8) is 0 Å². The van der Waals surface area contributed by atoms with Gasteiger partial charge in [-0.1, -0.05) is 6.07 Å². The third kappa shape index (κ3) is 4.94. The van der Waals surface area contributed by atoms with Crippen molar-refractivity contribution in [2.24, 2.45) is 5.73 Å². The molecule has 78 valence electrons. The summed E-state index contributed by atoms with van der Waals surface area (Å²) in [6.45, 7) is 4.03. The molecule has 3 heteroatoms. The van der Waals surface area contributed by atoms with Gasteiger partial charge in [0, 0.05) is 18.4 Å². The zero-order valence-electron chi connectivity index (χ0n) is 8.74. The maximum Gasteiger partial charge on any atom is 0.0300 e. The first-order valence-electron chi connectivity index (χ1n) is 5.14. The number of nitrogens with one attached hydrogen (secondary N) is 1. The van der Waals surface area contributed by atoms with E-state index in [0.29, 0.717) is 6.04 Å². The number of hydrogen-bond acceptors (Lipinski definition) is 3. The molecule has 0 fully saturated rings. The first kappa shape index (κ1) is 11.1. The van der Waals surface area contributed by atoms with E-state index in [-0.39, 0.29) is 0 Å². The molecule has 0 saturated heterocycles. The van der Waals surface area contributed by atoms with Gasteiger partial charge in [-0.3, -0.25) is 4.98 Å². The fraction of sp³-hybridized carbons (Fsp3) is 0.545. The molecule has 14 heavy (non-hydrogen) atoms. The normalized spacial score (nSPS) is 12.7. The van der Waals surface area contributed by atoms with E-state index in [1.165, 1.54) is 5.56 Å².